The van der Waals surface area contributed by atoms with Crippen molar-refractivity contribution < 1.29 is 21.8 Å². The van der Waals surface area contributed by atoms with E-state index in [2.05, 4.69) is 0 Å². The van der Waals surface area contributed by atoms with E-state index in [-0.39, 0.29) is 16.7 Å². The molecule has 0 unspecified atom stereocenters. The molecule has 0 aliphatic heterocycles. The molecule has 0 spiro atoms. The van der Waals surface area contributed by atoms with Crippen molar-refractivity contribution in [3.05, 3.63) is 30.3 Å². The van der Waals surface area contributed by atoms with Gasteiger partial charge in [0.1, 0.15) is 0 Å². The van der Waals surface area contributed by atoms with Crippen LogP contribution in [0.5, 0.6) is 0 Å². The van der Waals surface area contributed by atoms with Gasteiger partial charge >= 0.3 is 14.7 Å². The third kappa shape index (κ3) is 2.66. The molecule has 1 aromatic rings. The van der Waals surface area contributed by atoms with Crippen molar-refractivity contribution in [2.75, 3.05) is 0 Å². The monoisotopic (exact) mass is 240 g/mol. The second-order valence-electron chi connectivity index (χ2n) is 2.35. The first-order valence-corrected chi connectivity index (χ1v) is 5.67. The molecule has 7 heteroatoms. The Kier molecular flexibility index (Phi) is 3.13. The smallest absolute Gasteiger partial charge is 0.280 e. The van der Waals surface area contributed by atoms with Crippen LogP contribution in [0.4, 0.5) is 8.78 Å². The third-order valence-corrected chi connectivity index (χ3v) is 3.51. The minimum atomic E-state index is -5.37. The Labute approximate surface area is 83.9 Å². The minimum Gasteiger partial charge on any atom is -0.280 e. The van der Waals surface area contributed by atoms with Crippen LogP contribution in [0.1, 0.15) is 0 Å². The molecule has 78 valence electrons. The zero-order valence-corrected chi connectivity index (χ0v) is 8.36. The molecule has 0 radical (unpaired) electrons. The number of halogens is 2. The number of hydrogen-bond donors (Lipinski definition) is 1. The Morgan fingerprint density at radius 2 is 1.71 bits per heavy atom. The Balaban J connectivity index is 2.90. The van der Waals surface area contributed by atoms with Gasteiger partial charge in [-0.15, -0.1) is 0 Å². The molecule has 1 N–H and O–H groups in total. The molecule has 0 bridgehead atoms. The molecule has 0 aromatic heterocycles. The lowest BCUT2D eigenvalue weighted by Crippen LogP contribution is -2.23. The van der Waals surface area contributed by atoms with Gasteiger partial charge in [-0.25, -0.2) is 0 Å². The van der Waals surface area contributed by atoms with Gasteiger partial charge in [0, 0.05) is 4.90 Å². The SMILES string of the molecule is O=S(=O)(O)C(F)(F)Sc1ccccc1. The fourth-order valence-electron chi connectivity index (χ4n) is 0.678. The summed E-state index contributed by atoms with van der Waals surface area (Å²) in [4.78, 5) is 0.0649. The van der Waals surface area contributed by atoms with Crippen LogP contribution in [0.15, 0.2) is 35.2 Å². The maximum Gasteiger partial charge on any atom is 0.421 e. The summed E-state index contributed by atoms with van der Waals surface area (Å²) in [6, 6.07) is 7.23. The predicted octanol–water partition coefficient (Wildman–Crippen LogP) is 2.22. The summed E-state index contributed by atoms with van der Waals surface area (Å²) in [5.74, 6) is 0. The first-order valence-electron chi connectivity index (χ1n) is 3.42. The van der Waals surface area contributed by atoms with Crippen molar-refractivity contribution >= 4 is 21.9 Å². The number of rotatable bonds is 3. The van der Waals surface area contributed by atoms with E-state index in [1.54, 1.807) is 6.07 Å². The highest BCUT2D eigenvalue weighted by Gasteiger charge is 2.45. The summed E-state index contributed by atoms with van der Waals surface area (Å²) < 4.78 is 50.0. The van der Waals surface area contributed by atoms with Crippen molar-refractivity contribution in [3.63, 3.8) is 0 Å². The maximum absolute atomic E-state index is 12.7. The Hall–Kier alpha value is -0.660. The van der Waals surface area contributed by atoms with E-state index in [0.29, 0.717) is 0 Å². The second kappa shape index (κ2) is 3.84. The molecule has 1 aromatic carbocycles. The summed E-state index contributed by atoms with van der Waals surface area (Å²) in [7, 11) is -5.37. The van der Waals surface area contributed by atoms with E-state index in [0.717, 1.165) is 0 Å². The topological polar surface area (TPSA) is 54.4 Å². The molecule has 0 fully saturated rings. The molecule has 0 aliphatic rings. The molecule has 1 rings (SSSR count). The fraction of sp³-hybridized carbons (Fsp3) is 0.143. The molecule has 14 heavy (non-hydrogen) atoms. The number of benzene rings is 1. The number of hydrogen-bond acceptors (Lipinski definition) is 3. The molecule has 0 amide bonds. The summed E-state index contributed by atoms with van der Waals surface area (Å²) in [5.41, 5.74) is 0. The minimum absolute atomic E-state index is 0.0649. The molecular formula is C7H6F2O3S2. The van der Waals surface area contributed by atoms with Crippen LogP contribution in [0.2, 0.25) is 0 Å². The fourth-order valence-corrected chi connectivity index (χ4v) is 1.96. The van der Waals surface area contributed by atoms with E-state index in [4.69, 9.17) is 4.55 Å². The predicted molar refractivity (Wildman–Crippen MR) is 48.8 cm³/mol. The highest BCUT2D eigenvalue weighted by molar-refractivity contribution is 8.12. The van der Waals surface area contributed by atoms with Crippen LogP contribution in [-0.4, -0.2) is 17.6 Å². The van der Waals surface area contributed by atoms with Gasteiger partial charge in [-0.3, -0.25) is 4.55 Å². The Morgan fingerprint density at radius 1 is 1.21 bits per heavy atom. The Bertz CT molecular complexity index is 402. The normalized spacial score (nSPS) is 12.8. The summed E-state index contributed by atoms with van der Waals surface area (Å²) in [6.45, 7) is 0. The van der Waals surface area contributed by atoms with Crippen LogP contribution in [0, 0.1) is 0 Å². The highest BCUT2D eigenvalue weighted by Crippen LogP contribution is 2.39. The number of alkyl halides is 2. The average Bonchev–Trinajstić information content (AvgIpc) is 2.03. The van der Waals surface area contributed by atoms with Crippen molar-refractivity contribution in [2.24, 2.45) is 0 Å². The van der Waals surface area contributed by atoms with Gasteiger partial charge in [-0.1, -0.05) is 18.2 Å². The Morgan fingerprint density at radius 3 is 2.14 bits per heavy atom. The van der Waals surface area contributed by atoms with Crippen LogP contribution in [0.3, 0.4) is 0 Å². The van der Waals surface area contributed by atoms with Crippen LogP contribution >= 0.6 is 11.8 Å². The van der Waals surface area contributed by atoms with Crippen LogP contribution in [-0.2, 0) is 10.1 Å². The van der Waals surface area contributed by atoms with Crippen molar-refractivity contribution in [1.29, 1.82) is 0 Å². The standard InChI is InChI=1S/C7H6F2O3S2/c8-7(9,14(10,11)12)13-6-4-2-1-3-5-6/h1-5H,(H,10,11,12). The molecule has 0 atom stereocenters. The van der Waals surface area contributed by atoms with Crippen molar-refractivity contribution in [1.82, 2.24) is 0 Å². The lowest BCUT2D eigenvalue weighted by Gasteiger charge is -2.11. The summed E-state index contributed by atoms with van der Waals surface area (Å²) in [6.07, 6.45) is 0. The van der Waals surface area contributed by atoms with E-state index in [9.17, 15) is 17.2 Å². The van der Waals surface area contributed by atoms with Gasteiger partial charge in [0.05, 0.1) is 0 Å². The molecule has 0 saturated carbocycles. The molecular weight excluding hydrogens is 234 g/mol. The zero-order chi connectivity index (χ0) is 10.8. The molecule has 3 nitrogen and oxygen atoms in total. The second-order valence-corrected chi connectivity index (χ2v) is 5.26. The van der Waals surface area contributed by atoms with E-state index >= 15 is 0 Å². The first-order chi connectivity index (χ1) is 6.33. The van der Waals surface area contributed by atoms with E-state index in [1.165, 1.54) is 24.3 Å². The lowest BCUT2D eigenvalue weighted by atomic mass is 10.4. The van der Waals surface area contributed by atoms with Crippen LogP contribution < -0.4 is 0 Å². The van der Waals surface area contributed by atoms with Gasteiger partial charge in [0.15, 0.2) is 0 Å². The van der Waals surface area contributed by atoms with Gasteiger partial charge < -0.3 is 0 Å². The summed E-state index contributed by atoms with van der Waals surface area (Å²) in [5, 5.41) is 0. The van der Waals surface area contributed by atoms with Gasteiger partial charge in [-0.2, -0.15) is 17.2 Å². The molecule has 0 heterocycles. The van der Waals surface area contributed by atoms with Crippen molar-refractivity contribution in [2.45, 2.75) is 9.48 Å². The maximum atomic E-state index is 12.7. The van der Waals surface area contributed by atoms with Crippen LogP contribution in [0.25, 0.3) is 0 Å². The van der Waals surface area contributed by atoms with Gasteiger partial charge in [-0.05, 0) is 23.9 Å². The molecule has 0 saturated heterocycles. The van der Waals surface area contributed by atoms with Gasteiger partial charge in [0.25, 0.3) is 0 Å². The lowest BCUT2D eigenvalue weighted by molar-refractivity contribution is 0.180. The van der Waals surface area contributed by atoms with Crippen molar-refractivity contribution in [3.8, 4) is 0 Å². The third-order valence-electron chi connectivity index (χ3n) is 1.28. The summed E-state index contributed by atoms with van der Waals surface area (Å²) >= 11 is -0.218. The molecule has 0 aliphatic carbocycles. The van der Waals surface area contributed by atoms with E-state index in [1.807, 2.05) is 0 Å². The quantitative estimate of drug-likeness (QED) is 0.650. The largest absolute Gasteiger partial charge is 0.421 e. The van der Waals surface area contributed by atoms with Gasteiger partial charge in [0.2, 0.25) is 0 Å². The van der Waals surface area contributed by atoms with E-state index < -0.39 is 14.7 Å². The zero-order valence-electron chi connectivity index (χ0n) is 6.72. The highest BCUT2D eigenvalue weighted by atomic mass is 32.3. The number of thioether (sulfide) groups is 1. The average molecular weight is 240 g/mol. The first kappa shape index (κ1) is 11.4.